The first-order valence-electron chi connectivity index (χ1n) is 4.09. The van der Waals surface area contributed by atoms with Crippen molar-refractivity contribution in [2.24, 2.45) is 5.41 Å². The van der Waals surface area contributed by atoms with E-state index in [9.17, 15) is 4.79 Å². The smallest absolute Gasteiger partial charge is 0.220 e. The van der Waals surface area contributed by atoms with Crippen LogP contribution in [0.4, 0.5) is 0 Å². The van der Waals surface area contributed by atoms with Crippen LogP contribution in [0.25, 0.3) is 0 Å². The second-order valence-corrected chi connectivity index (χ2v) is 4.00. The molecular weight excluding hydrogens is 152 g/mol. The molecule has 0 aliphatic carbocycles. The van der Waals surface area contributed by atoms with Gasteiger partial charge in [-0.3, -0.25) is 4.79 Å². The summed E-state index contributed by atoms with van der Waals surface area (Å²) in [6.07, 6.45) is 1.36. The van der Waals surface area contributed by atoms with Gasteiger partial charge in [-0.15, -0.1) is 0 Å². The molecule has 0 atom stereocenters. The number of hydrogen-bond donors (Lipinski definition) is 1. The number of carbonyl (C=O) groups excluding carboxylic acids is 1. The van der Waals surface area contributed by atoms with Crippen LogP contribution in [0.1, 0.15) is 33.6 Å². The van der Waals surface area contributed by atoms with Gasteiger partial charge in [0.05, 0.1) is 6.07 Å². The van der Waals surface area contributed by atoms with E-state index in [1.54, 1.807) is 0 Å². The van der Waals surface area contributed by atoms with Crippen LogP contribution in [0.3, 0.4) is 0 Å². The summed E-state index contributed by atoms with van der Waals surface area (Å²) in [5.41, 5.74) is 0.185. The molecule has 0 aromatic carbocycles. The monoisotopic (exact) mass is 168 g/mol. The Labute approximate surface area is 73.8 Å². The molecule has 0 spiro atoms. The van der Waals surface area contributed by atoms with E-state index >= 15 is 0 Å². The SMILES string of the molecule is CC(C)(C)CCC(=O)NCC#N. The molecule has 1 amide bonds. The Kier molecular flexibility index (Phi) is 4.35. The molecule has 0 unspecified atom stereocenters. The van der Waals surface area contributed by atoms with Crippen molar-refractivity contribution in [2.45, 2.75) is 33.6 Å². The number of nitrogens with zero attached hydrogens (tertiary/aromatic N) is 1. The molecule has 0 saturated carbocycles. The van der Waals surface area contributed by atoms with Crippen molar-refractivity contribution in [2.75, 3.05) is 6.54 Å². The van der Waals surface area contributed by atoms with Gasteiger partial charge in [0.25, 0.3) is 0 Å². The maximum absolute atomic E-state index is 11.0. The molecule has 0 rings (SSSR count). The predicted octanol–water partition coefficient (Wildman–Crippen LogP) is 1.45. The quantitative estimate of drug-likeness (QED) is 0.648. The van der Waals surface area contributed by atoms with E-state index in [2.05, 4.69) is 26.1 Å². The zero-order valence-electron chi connectivity index (χ0n) is 7.98. The van der Waals surface area contributed by atoms with Gasteiger partial charge in [0.2, 0.25) is 5.91 Å². The predicted molar refractivity (Wildman–Crippen MR) is 47.3 cm³/mol. The first kappa shape index (κ1) is 11.0. The lowest BCUT2D eigenvalue weighted by Gasteiger charge is -2.16. The lowest BCUT2D eigenvalue weighted by Crippen LogP contribution is -2.24. The van der Waals surface area contributed by atoms with E-state index in [-0.39, 0.29) is 17.9 Å². The first-order chi connectivity index (χ1) is 5.45. The van der Waals surface area contributed by atoms with Gasteiger partial charge in [-0.25, -0.2) is 0 Å². The van der Waals surface area contributed by atoms with Crippen LogP contribution < -0.4 is 5.32 Å². The second-order valence-electron chi connectivity index (χ2n) is 4.00. The second kappa shape index (κ2) is 4.76. The third-order valence-corrected chi connectivity index (χ3v) is 1.47. The van der Waals surface area contributed by atoms with E-state index in [0.717, 1.165) is 6.42 Å². The van der Waals surface area contributed by atoms with Crippen molar-refractivity contribution in [3.8, 4) is 6.07 Å². The Morgan fingerprint density at radius 1 is 1.50 bits per heavy atom. The standard InChI is InChI=1S/C9H16N2O/c1-9(2,3)5-4-8(12)11-7-6-10/h4-5,7H2,1-3H3,(H,11,12). The summed E-state index contributed by atoms with van der Waals surface area (Å²) >= 11 is 0. The summed E-state index contributed by atoms with van der Waals surface area (Å²) in [4.78, 5) is 11.0. The van der Waals surface area contributed by atoms with Gasteiger partial charge in [0.1, 0.15) is 6.54 Å². The van der Waals surface area contributed by atoms with Gasteiger partial charge in [-0.2, -0.15) is 5.26 Å². The molecule has 0 radical (unpaired) electrons. The molecule has 12 heavy (non-hydrogen) atoms. The molecule has 3 heteroatoms. The summed E-state index contributed by atoms with van der Waals surface area (Å²) in [5.74, 6) is -0.0357. The topological polar surface area (TPSA) is 52.9 Å². The molecule has 0 aromatic heterocycles. The molecule has 3 nitrogen and oxygen atoms in total. The lowest BCUT2D eigenvalue weighted by molar-refractivity contribution is -0.121. The van der Waals surface area contributed by atoms with E-state index in [4.69, 9.17) is 5.26 Å². The fraction of sp³-hybridized carbons (Fsp3) is 0.778. The van der Waals surface area contributed by atoms with Gasteiger partial charge in [0, 0.05) is 6.42 Å². The molecule has 0 bridgehead atoms. The highest BCUT2D eigenvalue weighted by Gasteiger charge is 2.12. The van der Waals surface area contributed by atoms with E-state index in [1.807, 2.05) is 6.07 Å². The summed E-state index contributed by atoms with van der Waals surface area (Å²) in [7, 11) is 0. The van der Waals surface area contributed by atoms with Gasteiger partial charge in [-0.1, -0.05) is 20.8 Å². The molecule has 0 saturated heterocycles. The van der Waals surface area contributed by atoms with Crippen LogP contribution >= 0.6 is 0 Å². The highest BCUT2D eigenvalue weighted by Crippen LogP contribution is 2.19. The molecule has 0 aliphatic heterocycles. The molecule has 1 N–H and O–H groups in total. The Morgan fingerprint density at radius 3 is 2.50 bits per heavy atom. The Balaban J connectivity index is 3.53. The van der Waals surface area contributed by atoms with Crippen LogP contribution in [0.2, 0.25) is 0 Å². The van der Waals surface area contributed by atoms with Crippen LogP contribution in [-0.4, -0.2) is 12.5 Å². The van der Waals surface area contributed by atoms with Gasteiger partial charge in [-0.05, 0) is 11.8 Å². The zero-order valence-corrected chi connectivity index (χ0v) is 7.98. The fourth-order valence-corrected chi connectivity index (χ4v) is 0.715. The summed E-state index contributed by atoms with van der Waals surface area (Å²) in [6, 6.07) is 1.86. The first-order valence-corrected chi connectivity index (χ1v) is 4.09. The average Bonchev–Trinajstić information content (AvgIpc) is 1.95. The van der Waals surface area contributed by atoms with Crippen molar-refractivity contribution in [3.63, 3.8) is 0 Å². The number of nitriles is 1. The number of hydrogen-bond acceptors (Lipinski definition) is 2. The Morgan fingerprint density at radius 2 is 2.08 bits per heavy atom. The van der Waals surface area contributed by atoms with E-state index in [1.165, 1.54) is 0 Å². The maximum atomic E-state index is 11.0. The molecule has 0 fully saturated rings. The summed E-state index contributed by atoms with van der Waals surface area (Å²) < 4.78 is 0. The highest BCUT2D eigenvalue weighted by molar-refractivity contribution is 5.76. The largest absolute Gasteiger partial charge is 0.343 e. The number of nitrogens with one attached hydrogen (secondary N) is 1. The summed E-state index contributed by atoms with van der Waals surface area (Å²) in [6.45, 7) is 6.38. The number of rotatable bonds is 3. The van der Waals surface area contributed by atoms with Gasteiger partial charge < -0.3 is 5.32 Å². The van der Waals surface area contributed by atoms with Gasteiger partial charge in [0.15, 0.2) is 0 Å². The van der Waals surface area contributed by atoms with Crippen LogP contribution in [0.5, 0.6) is 0 Å². The molecular formula is C9H16N2O. The van der Waals surface area contributed by atoms with Gasteiger partial charge >= 0.3 is 0 Å². The van der Waals surface area contributed by atoms with Crippen LogP contribution in [0.15, 0.2) is 0 Å². The van der Waals surface area contributed by atoms with Crippen molar-refractivity contribution < 1.29 is 4.79 Å². The average molecular weight is 168 g/mol. The Bertz CT molecular complexity index is 186. The molecule has 68 valence electrons. The van der Waals surface area contributed by atoms with Crippen molar-refractivity contribution in [1.82, 2.24) is 5.32 Å². The number of carbonyl (C=O) groups is 1. The van der Waals surface area contributed by atoms with E-state index in [0.29, 0.717) is 6.42 Å². The molecule has 0 aromatic rings. The molecule has 0 aliphatic rings. The highest BCUT2D eigenvalue weighted by atomic mass is 16.1. The fourth-order valence-electron chi connectivity index (χ4n) is 0.715. The van der Waals surface area contributed by atoms with Crippen LogP contribution in [0, 0.1) is 16.7 Å². The minimum absolute atomic E-state index is 0.0357. The van der Waals surface area contributed by atoms with Crippen molar-refractivity contribution in [3.05, 3.63) is 0 Å². The lowest BCUT2D eigenvalue weighted by atomic mass is 9.90. The maximum Gasteiger partial charge on any atom is 0.220 e. The minimum atomic E-state index is -0.0357. The minimum Gasteiger partial charge on any atom is -0.343 e. The normalized spacial score (nSPS) is 10.5. The zero-order chi connectivity index (χ0) is 9.61. The third kappa shape index (κ3) is 7.07. The summed E-state index contributed by atoms with van der Waals surface area (Å²) in [5, 5.41) is 10.7. The van der Waals surface area contributed by atoms with E-state index < -0.39 is 0 Å². The number of amides is 1. The third-order valence-electron chi connectivity index (χ3n) is 1.47. The van der Waals surface area contributed by atoms with Crippen molar-refractivity contribution >= 4 is 5.91 Å². The van der Waals surface area contributed by atoms with Crippen molar-refractivity contribution in [1.29, 1.82) is 5.26 Å². The van der Waals surface area contributed by atoms with Crippen LogP contribution in [-0.2, 0) is 4.79 Å². The Hall–Kier alpha value is -1.04. The molecule has 0 heterocycles.